The number of alkyl halides is 3. The van der Waals surface area contributed by atoms with Gasteiger partial charge in [0.15, 0.2) is 6.54 Å². The lowest BCUT2D eigenvalue weighted by molar-refractivity contribution is -0.862. The molecule has 2 aromatic heterocycles. The first-order valence-corrected chi connectivity index (χ1v) is 16.8. The zero-order valence-corrected chi connectivity index (χ0v) is 27.6. The predicted molar refractivity (Wildman–Crippen MR) is 167 cm³/mol. The lowest BCUT2D eigenvalue weighted by Crippen LogP contribution is -2.44. The van der Waals surface area contributed by atoms with Gasteiger partial charge in [0, 0.05) is 13.1 Å². The molecule has 47 heavy (non-hydrogen) atoms. The maximum Gasteiger partial charge on any atom is 0.416 e. The summed E-state index contributed by atoms with van der Waals surface area (Å²) in [5.41, 5.74) is 0.576. The van der Waals surface area contributed by atoms with Crippen LogP contribution in [0.2, 0.25) is 0 Å². The smallest absolute Gasteiger partial charge is 0.416 e. The monoisotopic (exact) mass is 697 g/mol. The van der Waals surface area contributed by atoms with E-state index in [1.54, 1.807) is 24.4 Å². The summed E-state index contributed by atoms with van der Waals surface area (Å²) in [6.45, 7) is 0.753. The van der Waals surface area contributed by atoms with Crippen LogP contribution in [0.15, 0.2) is 53.0 Å². The third-order valence-corrected chi connectivity index (χ3v) is 9.08. The number of hydrogen-bond acceptors (Lipinski definition) is 9. The van der Waals surface area contributed by atoms with Crippen LogP contribution in [0.5, 0.6) is 5.75 Å². The number of carbonyl (C=O) groups excluding carboxylic acids is 2. The van der Waals surface area contributed by atoms with Crippen LogP contribution in [-0.2, 0) is 38.9 Å². The number of amides is 2. The van der Waals surface area contributed by atoms with Crippen molar-refractivity contribution in [3.63, 3.8) is 0 Å². The number of sulfonamides is 1. The number of thiazole rings is 1. The van der Waals surface area contributed by atoms with Crippen LogP contribution in [0, 0.1) is 0 Å². The summed E-state index contributed by atoms with van der Waals surface area (Å²) in [5, 5.41) is 19.1. The summed E-state index contributed by atoms with van der Waals surface area (Å²) in [7, 11) is 1.80. The van der Waals surface area contributed by atoms with E-state index in [0.717, 1.165) is 23.5 Å². The molecule has 13 nitrogen and oxygen atoms in total. The van der Waals surface area contributed by atoms with Crippen molar-refractivity contribution in [1.82, 2.24) is 30.6 Å². The molecule has 2 heterocycles. The van der Waals surface area contributed by atoms with Crippen molar-refractivity contribution >= 4 is 43.4 Å². The summed E-state index contributed by atoms with van der Waals surface area (Å²) < 4.78 is 70.1. The number of fused-ring (bicyclic) bond motifs is 1. The third kappa shape index (κ3) is 10.7. The van der Waals surface area contributed by atoms with Gasteiger partial charge in [-0.1, -0.05) is 17.3 Å². The SMILES string of the molecule is C[N+](C)(C)CC(=O)NCCCC[C@@H](C(=O)NCc1ccc(C(F)(F)F)cc1)n1cc(COc2ccc3nc(S(N)(=O)=O)sc3c2)nn1. The quantitative estimate of drug-likeness (QED) is 0.126. The highest BCUT2D eigenvalue weighted by Crippen LogP contribution is 2.30. The summed E-state index contributed by atoms with van der Waals surface area (Å²) >= 11 is 0.916. The molecule has 0 aliphatic heterocycles. The number of rotatable bonds is 15. The van der Waals surface area contributed by atoms with E-state index in [0.29, 0.717) is 64.1 Å². The highest BCUT2D eigenvalue weighted by molar-refractivity contribution is 7.91. The van der Waals surface area contributed by atoms with Crippen molar-refractivity contribution in [2.24, 2.45) is 5.14 Å². The molecule has 0 unspecified atom stereocenters. The van der Waals surface area contributed by atoms with Gasteiger partial charge >= 0.3 is 6.18 Å². The van der Waals surface area contributed by atoms with Gasteiger partial charge in [-0.3, -0.25) is 9.59 Å². The lowest BCUT2D eigenvalue weighted by atomic mass is 10.1. The Bertz CT molecular complexity index is 1800. The summed E-state index contributed by atoms with van der Waals surface area (Å²) in [5.74, 6) is -0.0592. The molecule has 4 rings (SSSR count). The first kappa shape index (κ1) is 35.7. The standard InChI is InChI=1S/C29H35F3N8O5S2/c1-40(2,3)17-26(41)34-13-5-4-6-24(27(42)35-15-19-7-9-20(10-8-19)29(30,31)32)39-16-21(37-38-39)18-45-22-11-12-23-25(14-22)46-28(36-23)47(33,43)44/h7-12,14,16,24H,4-6,13,15,17-18H2,1-3H3,(H3-,33,34,35,41,42,43,44)/p+1/t24-/m0/s1. The molecule has 0 spiro atoms. The van der Waals surface area contributed by atoms with Gasteiger partial charge in [-0.2, -0.15) is 13.2 Å². The molecule has 0 radical (unpaired) electrons. The third-order valence-electron chi connectivity index (χ3n) is 6.74. The number of unbranched alkanes of at least 4 members (excludes halogenated alkanes) is 1. The van der Waals surface area contributed by atoms with Gasteiger partial charge in [-0.25, -0.2) is 23.2 Å². The molecule has 2 aromatic carbocycles. The fourth-order valence-corrected chi connectivity index (χ4v) is 6.15. The molecule has 18 heteroatoms. The second-order valence-corrected chi connectivity index (χ2v) is 14.6. The molecular formula is C29H36F3N8O5S2+. The largest absolute Gasteiger partial charge is 0.487 e. The van der Waals surface area contributed by atoms with Gasteiger partial charge in [-0.05, 0) is 55.2 Å². The summed E-state index contributed by atoms with van der Waals surface area (Å²) in [6.07, 6.45) is -1.39. The molecule has 1 atom stereocenters. The number of nitrogens with two attached hydrogens (primary N) is 1. The van der Waals surface area contributed by atoms with Crippen LogP contribution in [0.3, 0.4) is 0 Å². The van der Waals surface area contributed by atoms with E-state index in [-0.39, 0.29) is 23.4 Å². The minimum Gasteiger partial charge on any atom is -0.487 e. The Balaban J connectivity index is 1.40. The summed E-state index contributed by atoms with van der Waals surface area (Å²) in [6, 6.07) is 8.59. The number of halogens is 3. The average molecular weight is 698 g/mol. The molecule has 4 N–H and O–H groups in total. The maximum absolute atomic E-state index is 13.3. The van der Waals surface area contributed by atoms with E-state index in [9.17, 15) is 31.2 Å². The van der Waals surface area contributed by atoms with Crippen molar-refractivity contribution < 1.29 is 40.4 Å². The number of nitrogens with one attached hydrogen (secondary N) is 2. The van der Waals surface area contributed by atoms with Crippen LogP contribution >= 0.6 is 11.3 Å². The second-order valence-electron chi connectivity index (χ2n) is 11.9. The number of hydrogen-bond donors (Lipinski definition) is 3. The Morgan fingerprint density at radius 1 is 1.09 bits per heavy atom. The van der Waals surface area contributed by atoms with Gasteiger partial charge in [0.05, 0.1) is 43.1 Å². The Morgan fingerprint density at radius 2 is 1.81 bits per heavy atom. The molecule has 0 aliphatic rings. The van der Waals surface area contributed by atoms with E-state index >= 15 is 0 Å². The Hall–Kier alpha value is -4.13. The average Bonchev–Trinajstić information content (AvgIpc) is 3.62. The molecule has 0 saturated carbocycles. The van der Waals surface area contributed by atoms with E-state index in [1.165, 1.54) is 16.8 Å². The highest BCUT2D eigenvalue weighted by Gasteiger charge is 2.30. The molecule has 0 bridgehead atoms. The van der Waals surface area contributed by atoms with Gasteiger partial charge in [0.25, 0.3) is 15.9 Å². The molecule has 2 amide bonds. The number of likely N-dealkylation sites (N-methyl/N-ethyl adjacent to an activating group) is 1. The van der Waals surface area contributed by atoms with Crippen molar-refractivity contribution in [3.05, 3.63) is 65.5 Å². The molecule has 4 aromatic rings. The zero-order valence-electron chi connectivity index (χ0n) is 26.0. The first-order valence-electron chi connectivity index (χ1n) is 14.5. The lowest BCUT2D eigenvalue weighted by Gasteiger charge is -2.22. The highest BCUT2D eigenvalue weighted by atomic mass is 32.2. The topological polar surface area (TPSA) is 171 Å². The number of aromatic nitrogens is 4. The van der Waals surface area contributed by atoms with E-state index in [1.807, 2.05) is 21.1 Å². The van der Waals surface area contributed by atoms with E-state index in [2.05, 4.69) is 25.9 Å². The molecule has 0 saturated heterocycles. The van der Waals surface area contributed by atoms with Crippen molar-refractivity contribution in [2.45, 2.75) is 49.0 Å². The zero-order chi connectivity index (χ0) is 34.4. The first-order chi connectivity index (χ1) is 22.0. The van der Waals surface area contributed by atoms with Crippen LogP contribution < -0.4 is 20.5 Å². The van der Waals surface area contributed by atoms with E-state index < -0.39 is 33.7 Å². The van der Waals surface area contributed by atoms with Gasteiger partial charge in [0.1, 0.15) is 24.1 Å². The Kier molecular flexibility index (Phi) is 11.2. The minimum atomic E-state index is -4.46. The molecular weight excluding hydrogens is 661 g/mol. The summed E-state index contributed by atoms with van der Waals surface area (Å²) in [4.78, 5) is 29.5. The van der Waals surface area contributed by atoms with Crippen LogP contribution in [0.25, 0.3) is 10.2 Å². The predicted octanol–water partition coefficient (Wildman–Crippen LogP) is 2.98. The van der Waals surface area contributed by atoms with Crippen LogP contribution in [0.1, 0.15) is 42.1 Å². The maximum atomic E-state index is 13.3. The Labute approximate surface area is 273 Å². The number of ether oxygens (including phenoxy) is 1. The minimum absolute atomic E-state index is 0.00642. The number of carbonyl (C=O) groups is 2. The number of quaternary nitrogens is 1. The normalized spacial score (nSPS) is 13.0. The molecule has 254 valence electrons. The second kappa shape index (κ2) is 14.7. The van der Waals surface area contributed by atoms with Crippen molar-refractivity contribution in [3.8, 4) is 5.75 Å². The van der Waals surface area contributed by atoms with Gasteiger partial charge < -0.3 is 19.9 Å². The van der Waals surface area contributed by atoms with Crippen LogP contribution in [-0.4, -0.2) is 78.9 Å². The fraction of sp³-hybridized carbons (Fsp3) is 0.414. The fourth-order valence-electron chi connectivity index (χ4n) is 4.46. The number of benzene rings is 2. The Morgan fingerprint density at radius 3 is 2.47 bits per heavy atom. The molecule has 0 aliphatic carbocycles. The van der Waals surface area contributed by atoms with Gasteiger partial charge in [-0.15, -0.1) is 16.4 Å². The van der Waals surface area contributed by atoms with Crippen molar-refractivity contribution in [1.29, 1.82) is 0 Å². The van der Waals surface area contributed by atoms with Crippen molar-refractivity contribution in [2.75, 3.05) is 34.2 Å². The van der Waals surface area contributed by atoms with Crippen LogP contribution in [0.4, 0.5) is 13.2 Å². The van der Waals surface area contributed by atoms with E-state index in [4.69, 9.17) is 9.88 Å². The number of primary sulfonamides is 1. The number of nitrogens with zero attached hydrogens (tertiary/aromatic N) is 5. The molecule has 0 fully saturated rings. The van der Waals surface area contributed by atoms with Gasteiger partial charge in [0.2, 0.25) is 10.2 Å².